The average molecular weight is 409 g/mol. The molecule has 1 aromatic carbocycles. The second-order valence-corrected chi connectivity index (χ2v) is 6.13. The number of aliphatic hydroxyl groups excluding tert-OH is 2. The van der Waals surface area contributed by atoms with Gasteiger partial charge in [0.05, 0.1) is 6.61 Å². The normalized spacial score (nSPS) is 16.3. The summed E-state index contributed by atoms with van der Waals surface area (Å²) < 4.78 is 5.61. The highest BCUT2D eigenvalue weighted by Gasteiger charge is 2.19. The summed E-state index contributed by atoms with van der Waals surface area (Å²) in [7, 11) is 0. The summed E-state index contributed by atoms with van der Waals surface area (Å²) >= 11 is 0. The molecular weight excluding hydrogens is 379 g/mol. The molecule has 1 fully saturated rings. The Hall–Kier alpha value is -0.890. The number of halogens is 2. The van der Waals surface area contributed by atoms with Gasteiger partial charge in [0.15, 0.2) is 5.78 Å². The Morgan fingerprint density at radius 3 is 2.23 bits per heavy atom. The van der Waals surface area contributed by atoms with Crippen LogP contribution in [0.2, 0.25) is 0 Å². The number of β-amino-alcohol motifs (C(OH)–C–C–N with tert-alkyl or cyclic N) is 2. The van der Waals surface area contributed by atoms with Crippen molar-refractivity contribution >= 4 is 30.6 Å². The molecule has 1 atom stereocenters. The highest BCUT2D eigenvalue weighted by atomic mass is 35.5. The first-order valence-corrected chi connectivity index (χ1v) is 8.62. The van der Waals surface area contributed by atoms with Crippen molar-refractivity contribution in [1.29, 1.82) is 0 Å². The number of piperazine rings is 1. The van der Waals surface area contributed by atoms with E-state index in [4.69, 9.17) is 9.84 Å². The molecule has 1 unspecified atom stereocenters. The highest BCUT2D eigenvalue weighted by Crippen LogP contribution is 2.14. The molecule has 6 nitrogen and oxygen atoms in total. The maximum atomic E-state index is 11.6. The number of rotatable bonds is 9. The van der Waals surface area contributed by atoms with Gasteiger partial charge >= 0.3 is 0 Å². The Labute approximate surface area is 167 Å². The van der Waals surface area contributed by atoms with Crippen molar-refractivity contribution in [3.63, 3.8) is 0 Å². The molecule has 0 saturated carbocycles. The van der Waals surface area contributed by atoms with Gasteiger partial charge < -0.3 is 14.9 Å². The van der Waals surface area contributed by atoms with Crippen LogP contribution in [0.4, 0.5) is 0 Å². The van der Waals surface area contributed by atoms with E-state index in [0.29, 0.717) is 24.3 Å². The number of ketones is 1. The quantitative estimate of drug-likeness (QED) is 0.602. The smallest absolute Gasteiger partial charge is 0.162 e. The van der Waals surface area contributed by atoms with Gasteiger partial charge in [-0.25, -0.2) is 0 Å². The third-order valence-electron chi connectivity index (χ3n) is 4.29. The van der Waals surface area contributed by atoms with E-state index in [9.17, 15) is 9.90 Å². The molecule has 0 aromatic heterocycles. The summed E-state index contributed by atoms with van der Waals surface area (Å²) in [6.45, 7) is 7.19. The van der Waals surface area contributed by atoms with Crippen molar-refractivity contribution in [3.05, 3.63) is 29.8 Å². The molecule has 1 aliphatic rings. The van der Waals surface area contributed by atoms with Gasteiger partial charge in [-0.2, -0.15) is 0 Å². The van der Waals surface area contributed by atoms with Crippen LogP contribution in [-0.4, -0.2) is 84.4 Å². The molecule has 2 rings (SSSR count). The first kappa shape index (κ1) is 25.1. The van der Waals surface area contributed by atoms with Crippen LogP contribution in [0.3, 0.4) is 0 Å². The number of hydrogen-bond donors (Lipinski definition) is 2. The third-order valence-corrected chi connectivity index (χ3v) is 4.29. The number of Topliss-reactive ketones (excluding diaryl/α,β-unsaturated/α-hetero) is 1. The Balaban J connectivity index is 0.00000312. The topological polar surface area (TPSA) is 73.2 Å². The minimum absolute atomic E-state index is 0. The minimum atomic E-state index is -0.550. The van der Waals surface area contributed by atoms with Crippen molar-refractivity contribution in [3.8, 4) is 5.75 Å². The van der Waals surface area contributed by atoms with Crippen molar-refractivity contribution in [1.82, 2.24) is 9.80 Å². The van der Waals surface area contributed by atoms with Crippen molar-refractivity contribution < 1.29 is 19.7 Å². The van der Waals surface area contributed by atoms with Gasteiger partial charge in [0, 0.05) is 51.3 Å². The number of aliphatic hydroxyl groups is 2. The zero-order valence-electron chi connectivity index (χ0n) is 15.2. The summed E-state index contributed by atoms with van der Waals surface area (Å²) in [6, 6.07) is 7.05. The van der Waals surface area contributed by atoms with E-state index < -0.39 is 6.10 Å². The summed E-state index contributed by atoms with van der Waals surface area (Å²) in [5.41, 5.74) is 0.686. The van der Waals surface area contributed by atoms with Crippen molar-refractivity contribution in [2.45, 2.75) is 19.4 Å². The lowest BCUT2D eigenvalue weighted by molar-refractivity contribution is 0.0428. The molecule has 0 amide bonds. The fraction of sp³-hybridized carbons (Fsp3) is 0.611. The molecule has 0 aliphatic carbocycles. The van der Waals surface area contributed by atoms with Crippen LogP contribution < -0.4 is 4.74 Å². The molecule has 1 heterocycles. The molecule has 1 aromatic rings. The molecule has 150 valence electrons. The van der Waals surface area contributed by atoms with Gasteiger partial charge in [-0.3, -0.25) is 14.6 Å². The van der Waals surface area contributed by atoms with Crippen LogP contribution in [0.1, 0.15) is 23.7 Å². The number of nitrogens with zero attached hydrogens (tertiary/aromatic N) is 2. The van der Waals surface area contributed by atoms with E-state index in [1.807, 2.05) is 6.92 Å². The molecule has 1 saturated heterocycles. The van der Waals surface area contributed by atoms with Crippen LogP contribution in [0.15, 0.2) is 24.3 Å². The van der Waals surface area contributed by atoms with Crippen molar-refractivity contribution in [2.75, 3.05) is 52.5 Å². The fourth-order valence-corrected chi connectivity index (χ4v) is 2.82. The molecule has 0 spiro atoms. The van der Waals surface area contributed by atoms with Crippen LogP contribution in [0.25, 0.3) is 0 Å². The van der Waals surface area contributed by atoms with Crippen LogP contribution in [0.5, 0.6) is 5.75 Å². The lowest BCUT2D eigenvalue weighted by Crippen LogP contribution is -2.49. The molecule has 0 radical (unpaired) electrons. The highest BCUT2D eigenvalue weighted by molar-refractivity contribution is 5.95. The average Bonchev–Trinajstić information content (AvgIpc) is 2.61. The van der Waals surface area contributed by atoms with Gasteiger partial charge in [0.1, 0.15) is 18.5 Å². The molecule has 8 heteroatoms. The fourth-order valence-electron chi connectivity index (χ4n) is 2.82. The lowest BCUT2D eigenvalue weighted by atomic mass is 10.1. The predicted molar refractivity (Wildman–Crippen MR) is 107 cm³/mol. The van der Waals surface area contributed by atoms with Crippen LogP contribution in [-0.2, 0) is 0 Å². The van der Waals surface area contributed by atoms with E-state index in [-0.39, 0.29) is 43.8 Å². The first-order valence-electron chi connectivity index (χ1n) is 8.62. The molecule has 26 heavy (non-hydrogen) atoms. The maximum Gasteiger partial charge on any atom is 0.162 e. The van der Waals surface area contributed by atoms with E-state index >= 15 is 0 Å². The van der Waals surface area contributed by atoms with Crippen LogP contribution in [0, 0.1) is 0 Å². The van der Waals surface area contributed by atoms with E-state index in [0.717, 1.165) is 32.7 Å². The number of benzene rings is 1. The molecule has 2 N–H and O–H groups in total. The summed E-state index contributed by atoms with van der Waals surface area (Å²) in [6.07, 6.45) is -0.0591. The van der Waals surface area contributed by atoms with Crippen LogP contribution >= 0.6 is 24.8 Å². The lowest BCUT2D eigenvalue weighted by Gasteiger charge is -2.35. The maximum absolute atomic E-state index is 11.6. The Kier molecular flexibility index (Phi) is 12.8. The predicted octanol–water partition coefficient (Wildman–Crippen LogP) is 1.47. The summed E-state index contributed by atoms with van der Waals surface area (Å²) in [4.78, 5) is 16.0. The molecule has 1 aliphatic heterocycles. The Morgan fingerprint density at radius 1 is 1.12 bits per heavy atom. The largest absolute Gasteiger partial charge is 0.491 e. The van der Waals surface area contributed by atoms with E-state index in [1.165, 1.54) is 0 Å². The third kappa shape index (κ3) is 8.20. The standard InChI is InChI=1S/C18H28N2O4.2ClH/c1-2-18(23)15-3-5-17(6-4-15)24-14-16(22)13-20-9-7-19(8-10-20)11-12-21;;/h3-6,16,21-22H,2,7-14H2,1H3;2*1H. The number of ether oxygens (including phenoxy) is 1. The second kappa shape index (κ2) is 13.3. The van der Waals surface area contributed by atoms with E-state index in [1.54, 1.807) is 24.3 Å². The minimum Gasteiger partial charge on any atom is -0.491 e. The van der Waals surface area contributed by atoms with Gasteiger partial charge in [-0.15, -0.1) is 24.8 Å². The van der Waals surface area contributed by atoms with Gasteiger partial charge in [0.25, 0.3) is 0 Å². The molecular formula is C18H30Cl2N2O4. The number of carbonyl (C=O) groups is 1. The Bertz CT molecular complexity index is 508. The summed E-state index contributed by atoms with van der Waals surface area (Å²) in [5.74, 6) is 0.774. The monoisotopic (exact) mass is 408 g/mol. The van der Waals surface area contributed by atoms with E-state index in [2.05, 4.69) is 9.80 Å². The van der Waals surface area contributed by atoms with Crippen molar-refractivity contribution in [2.24, 2.45) is 0 Å². The Morgan fingerprint density at radius 2 is 1.69 bits per heavy atom. The van der Waals surface area contributed by atoms with Gasteiger partial charge in [-0.1, -0.05) is 6.92 Å². The summed E-state index contributed by atoms with van der Waals surface area (Å²) in [5, 5.41) is 19.1. The second-order valence-electron chi connectivity index (χ2n) is 6.13. The number of hydrogen-bond acceptors (Lipinski definition) is 6. The first-order chi connectivity index (χ1) is 11.6. The zero-order chi connectivity index (χ0) is 17.4. The molecule has 0 bridgehead atoms. The van der Waals surface area contributed by atoms with Gasteiger partial charge in [-0.05, 0) is 24.3 Å². The number of carbonyl (C=O) groups excluding carboxylic acids is 1. The van der Waals surface area contributed by atoms with Gasteiger partial charge in [0.2, 0.25) is 0 Å². The SMILES string of the molecule is CCC(=O)c1ccc(OCC(O)CN2CCN(CCO)CC2)cc1.Cl.Cl. The zero-order valence-corrected chi connectivity index (χ0v) is 16.8.